The van der Waals surface area contributed by atoms with Crippen LogP contribution in [0, 0.1) is 0 Å². The lowest BCUT2D eigenvalue weighted by atomic mass is 10.2. The number of hydrogen-bond donors (Lipinski definition) is 1. The predicted molar refractivity (Wildman–Crippen MR) is 133 cm³/mol. The summed E-state index contributed by atoms with van der Waals surface area (Å²) in [5.41, 5.74) is 7.21. The Morgan fingerprint density at radius 2 is 1.58 bits per heavy atom. The minimum absolute atomic E-state index is 0.211. The van der Waals surface area contributed by atoms with Gasteiger partial charge in [-0.2, -0.15) is 9.78 Å². The van der Waals surface area contributed by atoms with E-state index in [-0.39, 0.29) is 30.0 Å². The number of anilines is 1. The molecule has 2 aromatic carbocycles. The first-order chi connectivity index (χ1) is 18.4. The van der Waals surface area contributed by atoms with Crippen molar-refractivity contribution in [2.45, 2.75) is 24.9 Å². The Kier molecular flexibility index (Phi) is 7.67. The SMILES string of the molecule is Nc1ncnc2c1ncn2[C@H]1CC(OOC(=O)c2ccc(Cl)cc2)[C@@H](COOC(=O)c2ccc(Cl)cc2)O1. The van der Waals surface area contributed by atoms with Gasteiger partial charge in [0, 0.05) is 16.5 Å². The summed E-state index contributed by atoms with van der Waals surface area (Å²) in [6, 6.07) is 12.2. The number of hydrogen-bond acceptors (Lipinski definition) is 11. The number of carbonyl (C=O) groups is 2. The highest BCUT2D eigenvalue weighted by Crippen LogP contribution is 2.33. The van der Waals surface area contributed by atoms with Gasteiger partial charge in [0.2, 0.25) is 0 Å². The molecule has 1 unspecified atom stereocenters. The topological polar surface area (TPSA) is 150 Å². The van der Waals surface area contributed by atoms with Gasteiger partial charge in [0.25, 0.3) is 0 Å². The lowest BCUT2D eigenvalue weighted by Crippen LogP contribution is -2.30. The molecule has 0 aliphatic carbocycles. The molecule has 0 radical (unpaired) electrons. The van der Waals surface area contributed by atoms with Crippen LogP contribution in [0.2, 0.25) is 10.0 Å². The summed E-state index contributed by atoms with van der Waals surface area (Å²) in [6.45, 7) is -0.233. The van der Waals surface area contributed by atoms with Crippen molar-refractivity contribution < 1.29 is 33.9 Å². The van der Waals surface area contributed by atoms with Gasteiger partial charge in [-0.05, 0) is 48.5 Å². The lowest BCUT2D eigenvalue weighted by molar-refractivity contribution is -0.303. The van der Waals surface area contributed by atoms with Crippen molar-refractivity contribution in [1.82, 2.24) is 19.5 Å². The quantitative estimate of drug-likeness (QED) is 0.247. The predicted octanol–water partition coefficient (Wildman–Crippen LogP) is 3.95. The Morgan fingerprint density at radius 3 is 2.24 bits per heavy atom. The van der Waals surface area contributed by atoms with Crippen LogP contribution < -0.4 is 5.73 Å². The van der Waals surface area contributed by atoms with Crippen molar-refractivity contribution in [3.05, 3.63) is 82.4 Å². The van der Waals surface area contributed by atoms with Gasteiger partial charge in [0.15, 0.2) is 11.5 Å². The zero-order valence-electron chi connectivity index (χ0n) is 19.4. The number of halogens is 2. The zero-order chi connectivity index (χ0) is 26.6. The summed E-state index contributed by atoms with van der Waals surface area (Å²) in [6.07, 6.45) is 0.760. The maximum absolute atomic E-state index is 12.4. The number of nitrogen functional groups attached to an aromatic ring is 1. The molecule has 2 aromatic heterocycles. The summed E-state index contributed by atoms with van der Waals surface area (Å²) in [4.78, 5) is 57.7. The average Bonchev–Trinajstić information content (AvgIpc) is 3.53. The van der Waals surface area contributed by atoms with Gasteiger partial charge in [-0.1, -0.05) is 23.2 Å². The molecule has 2 N–H and O–H groups in total. The second kappa shape index (κ2) is 11.3. The Balaban J connectivity index is 1.27. The Hall–Kier alpha value is -3.81. The average molecular weight is 560 g/mol. The minimum Gasteiger partial charge on any atom is -0.382 e. The van der Waals surface area contributed by atoms with Gasteiger partial charge in [-0.25, -0.2) is 24.5 Å². The first-order valence-corrected chi connectivity index (χ1v) is 12.0. The molecule has 3 atom stereocenters. The summed E-state index contributed by atoms with van der Waals surface area (Å²) in [7, 11) is 0. The van der Waals surface area contributed by atoms with E-state index in [4.69, 9.17) is 53.2 Å². The standard InChI is InChI=1S/C24H19Cl2N5O7/c25-15-5-1-13(2-6-15)23(32)37-34-10-18-17(36-38-24(33)14-3-7-16(26)8-4-14)9-19(35-18)31-12-30-20-21(27)28-11-29-22(20)31/h1-8,11-12,17-19H,9-10H2,(H2,27,28,29)/t17?,18-,19-/m1/s1. The Labute approximate surface area is 225 Å². The van der Waals surface area contributed by atoms with Crippen molar-refractivity contribution in [3.8, 4) is 0 Å². The number of aromatic nitrogens is 4. The molecule has 1 fully saturated rings. The van der Waals surface area contributed by atoms with Crippen LogP contribution in [0.25, 0.3) is 11.2 Å². The first kappa shape index (κ1) is 25.8. The van der Waals surface area contributed by atoms with E-state index in [0.29, 0.717) is 21.2 Å². The number of carbonyl (C=O) groups excluding carboxylic acids is 2. The van der Waals surface area contributed by atoms with E-state index >= 15 is 0 Å². The Morgan fingerprint density at radius 1 is 0.947 bits per heavy atom. The van der Waals surface area contributed by atoms with Crippen LogP contribution in [0.4, 0.5) is 5.82 Å². The number of nitrogens with zero attached hydrogens (tertiary/aromatic N) is 4. The summed E-state index contributed by atoms with van der Waals surface area (Å²) in [5, 5.41) is 0.942. The number of imidazole rings is 1. The van der Waals surface area contributed by atoms with Crippen LogP contribution in [0.5, 0.6) is 0 Å². The van der Waals surface area contributed by atoms with E-state index in [0.717, 1.165) is 0 Å². The fourth-order valence-electron chi connectivity index (χ4n) is 3.73. The summed E-state index contributed by atoms with van der Waals surface area (Å²) in [5.74, 6) is -1.24. The van der Waals surface area contributed by atoms with Crippen molar-refractivity contribution in [3.63, 3.8) is 0 Å². The van der Waals surface area contributed by atoms with Crippen LogP contribution in [0.3, 0.4) is 0 Å². The normalized spacial score (nSPS) is 18.9. The second-order valence-corrected chi connectivity index (χ2v) is 9.00. The molecular formula is C24H19Cl2N5O7. The van der Waals surface area contributed by atoms with E-state index in [2.05, 4.69) is 15.0 Å². The zero-order valence-corrected chi connectivity index (χ0v) is 20.9. The third-order valence-corrected chi connectivity index (χ3v) is 6.16. The largest absolute Gasteiger partial charge is 0.382 e. The fourth-order valence-corrected chi connectivity index (χ4v) is 3.98. The smallest absolute Gasteiger partial charge is 0.373 e. The number of benzene rings is 2. The molecule has 4 aromatic rings. The maximum Gasteiger partial charge on any atom is 0.373 e. The molecule has 1 saturated heterocycles. The second-order valence-electron chi connectivity index (χ2n) is 8.12. The monoisotopic (exact) mass is 559 g/mol. The highest BCUT2D eigenvalue weighted by Gasteiger charge is 2.40. The van der Waals surface area contributed by atoms with Gasteiger partial charge in [-0.3, -0.25) is 14.3 Å². The highest BCUT2D eigenvalue weighted by atomic mass is 35.5. The molecule has 196 valence electrons. The van der Waals surface area contributed by atoms with E-state index in [1.54, 1.807) is 28.8 Å². The lowest BCUT2D eigenvalue weighted by Gasteiger charge is -2.17. The highest BCUT2D eigenvalue weighted by molar-refractivity contribution is 6.31. The molecular weight excluding hydrogens is 541 g/mol. The third kappa shape index (κ3) is 5.69. The molecule has 14 heteroatoms. The van der Waals surface area contributed by atoms with Crippen LogP contribution in [0.1, 0.15) is 33.4 Å². The molecule has 12 nitrogen and oxygen atoms in total. The molecule has 0 bridgehead atoms. The summed E-state index contributed by atoms with van der Waals surface area (Å²) >= 11 is 11.7. The van der Waals surface area contributed by atoms with Crippen LogP contribution in [-0.4, -0.2) is 50.3 Å². The first-order valence-electron chi connectivity index (χ1n) is 11.2. The van der Waals surface area contributed by atoms with Crippen LogP contribution >= 0.6 is 23.2 Å². The van der Waals surface area contributed by atoms with E-state index in [9.17, 15) is 9.59 Å². The molecule has 0 amide bonds. The van der Waals surface area contributed by atoms with Crippen molar-refractivity contribution in [1.29, 1.82) is 0 Å². The van der Waals surface area contributed by atoms with Gasteiger partial charge < -0.3 is 10.5 Å². The molecule has 5 rings (SSSR count). The van der Waals surface area contributed by atoms with Crippen LogP contribution in [-0.2, 0) is 24.3 Å². The van der Waals surface area contributed by atoms with E-state index < -0.39 is 30.4 Å². The minimum atomic E-state index is -0.812. The Bertz CT molecular complexity index is 1450. The van der Waals surface area contributed by atoms with Crippen molar-refractivity contribution in [2.24, 2.45) is 0 Å². The molecule has 1 aliphatic rings. The third-order valence-electron chi connectivity index (χ3n) is 5.65. The fraction of sp³-hybridized carbons (Fsp3) is 0.208. The van der Waals surface area contributed by atoms with E-state index in [1.807, 2.05) is 0 Å². The van der Waals surface area contributed by atoms with E-state index in [1.165, 1.54) is 36.9 Å². The summed E-state index contributed by atoms with van der Waals surface area (Å²) < 4.78 is 7.72. The molecule has 38 heavy (non-hydrogen) atoms. The van der Waals surface area contributed by atoms with Gasteiger partial charge in [0.05, 0.1) is 17.5 Å². The number of fused-ring (bicyclic) bond motifs is 1. The van der Waals surface area contributed by atoms with Crippen molar-refractivity contribution in [2.75, 3.05) is 12.3 Å². The van der Waals surface area contributed by atoms with Crippen molar-refractivity contribution >= 4 is 52.1 Å². The van der Waals surface area contributed by atoms with Gasteiger partial charge >= 0.3 is 11.9 Å². The van der Waals surface area contributed by atoms with Gasteiger partial charge in [0.1, 0.15) is 36.9 Å². The van der Waals surface area contributed by atoms with Gasteiger partial charge in [-0.15, -0.1) is 0 Å². The maximum atomic E-state index is 12.4. The molecule has 0 spiro atoms. The number of ether oxygens (including phenoxy) is 1. The van der Waals surface area contributed by atoms with Crippen LogP contribution in [0.15, 0.2) is 61.2 Å². The molecule has 1 aliphatic heterocycles. The molecule has 0 saturated carbocycles. The molecule has 3 heterocycles. The number of nitrogens with two attached hydrogens (primary N) is 1. The number of rotatable bonds is 8.